The van der Waals surface area contributed by atoms with Crippen LogP contribution in [-0.4, -0.2) is 35.2 Å². The molecule has 0 radical (unpaired) electrons. The Morgan fingerprint density at radius 2 is 1.41 bits per heavy atom. The summed E-state index contributed by atoms with van der Waals surface area (Å²) in [6.45, 7) is 25.7. The van der Waals surface area contributed by atoms with Crippen LogP contribution in [0, 0.1) is 6.92 Å². The minimum Gasteiger partial charge on any atom is -0.390 e. The number of fused-ring (bicyclic) bond motifs is 1. The first-order chi connectivity index (χ1) is 19.0. The molecule has 3 N–H and O–H groups in total. The molecule has 0 saturated heterocycles. The molecule has 1 atom stereocenters. The second-order valence-electron chi connectivity index (χ2n) is 7.75. The molecule has 0 aliphatic heterocycles. The number of aromatic nitrogens is 1. The van der Waals surface area contributed by atoms with Gasteiger partial charge in [-0.05, 0) is 36.1 Å². The van der Waals surface area contributed by atoms with Crippen molar-refractivity contribution in [1.82, 2.24) is 15.6 Å². The van der Waals surface area contributed by atoms with Crippen LogP contribution in [0.25, 0.3) is 10.9 Å². The molecule has 39 heavy (non-hydrogen) atoms. The van der Waals surface area contributed by atoms with E-state index in [1.165, 1.54) is 17.5 Å². The highest BCUT2D eigenvalue weighted by Crippen LogP contribution is 2.16. The first-order valence-corrected chi connectivity index (χ1v) is 15.1. The van der Waals surface area contributed by atoms with Crippen LogP contribution in [0.15, 0.2) is 54.7 Å². The summed E-state index contributed by atoms with van der Waals surface area (Å²) in [6.07, 6.45) is 3.18. The Balaban J connectivity index is -0.00000104. The van der Waals surface area contributed by atoms with Crippen molar-refractivity contribution >= 4 is 16.8 Å². The second-order valence-corrected chi connectivity index (χ2v) is 7.75. The van der Waals surface area contributed by atoms with Crippen LogP contribution in [0.4, 0.5) is 0 Å². The van der Waals surface area contributed by atoms with E-state index >= 15 is 0 Å². The molecule has 1 aromatic heterocycles. The van der Waals surface area contributed by atoms with E-state index in [9.17, 15) is 9.90 Å². The number of aliphatic hydroxyl groups excluding tert-OH is 1. The van der Waals surface area contributed by atoms with Crippen molar-refractivity contribution in [3.05, 3.63) is 77.0 Å². The zero-order valence-corrected chi connectivity index (χ0v) is 27.1. The summed E-state index contributed by atoms with van der Waals surface area (Å²) in [6, 6.07) is 16.1. The lowest BCUT2D eigenvalue weighted by Crippen LogP contribution is -2.38. The van der Waals surface area contributed by atoms with Gasteiger partial charge < -0.3 is 15.7 Å². The number of aryl methyl sites for hydroxylation is 2. The number of carbonyl (C=O) groups is 1. The monoisotopic (exact) mass is 541 g/mol. The van der Waals surface area contributed by atoms with Gasteiger partial charge in [-0.2, -0.15) is 0 Å². The van der Waals surface area contributed by atoms with Gasteiger partial charge in [0.05, 0.1) is 17.2 Å². The average Bonchev–Trinajstić information content (AvgIpc) is 3.00. The molecule has 1 amide bonds. The number of hydrogen-bond acceptors (Lipinski definition) is 4. The fourth-order valence-corrected chi connectivity index (χ4v) is 3.16. The minimum atomic E-state index is -0.658. The van der Waals surface area contributed by atoms with E-state index in [-0.39, 0.29) is 12.5 Å². The maximum absolute atomic E-state index is 12.4. The molecule has 3 rings (SSSR count). The van der Waals surface area contributed by atoms with Crippen molar-refractivity contribution in [1.29, 1.82) is 0 Å². The highest BCUT2D eigenvalue weighted by molar-refractivity contribution is 5.97. The van der Waals surface area contributed by atoms with E-state index in [4.69, 9.17) is 0 Å². The SMILES string of the molecule is CC.CC.CC.CC.CCC.CCc1cccc(CNCC(O)CNC(=O)c2cnc3c(C)cccc3c2)c1. The number of hydrogen-bond donors (Lipinski definition) is 3. The maximum Gasteiger partial charge on any atom is 0.252 e. The summed E-state index contributed by atoms with van der Waals surface area (Å²) in [5, 5.41) is 17.1. The van der Waals surface area contributed by atoms with Gasteiger partial charge >= 0.3 is 0 Å². The normalized spacial score (nSPS) is 9.77. The Bertz CT molecular complexity index is 974. The fourth-order valence-electron chi connectivity index (χ4n) is 3.16. The van der Waals surface area contributed by atoms with Crippen LogP contribution >= 0.6 is 0 Å². The van der Waals surface area contributed by atoms with E-state index in [2.05, 4.69) is 54.6 Å². The Kier molecular flexibility index (Phi) is 29.5. The highest BCUT2D eigenvalue weighted by atomic mass is 16.3. The molecule has 2 aromatic carbocycles. The molecule has 1 unspecified atom stereocenters. The number of benzene rings is 2. The fraction of sp³-hybridized carbons (Fsp3) is 0.529. The number of aliphatic hydroxyl groups is 1. The molecule has 0 aliphatic carbocycles. The minimum absolute atomic E-state index is 0.187. The first-order valence-electron chi connectivity index (χ1n) is 15.1. The zero-order chi connectivity index (χ0) is 30.6. The predicted molar refractivity (Wildman–Crippen MR) is 174 cm³/mol. The molecule has 3 aromatic rings. The van der Waals surface area contributed by atoms with Crippen molar-refractivity contribution in [2.24, 2.45) is 0 Å². The number of pyridine rings is 1. The van der Waals surface area contributed by atoms with E-state index in [0.29, 0.717) is 18.7 Å². The number of amides is 1. The van der Waals surface area contributed by atoms with E-state index in [0.717, 1.165) is 22.9 Å². The summed E-state index contributed by atoms with van der Waals surface area (Å²) in [5.74, 6) is -0.231. The topological polar surface area (TPSA) is 74.2 Å². The molecule has 0 saturated carbocycles. The highest BCUT2D eigenvalue weighted by Gasteiger charge is 2.11. The molecule has 5 heteroatoms. The van der Waals surface area contributed by atoms with Gasteiger partial charge in [-0.3, -0.25) is 9.78 Å². The Hall–Kier alpha value is -2.76. The lowest BCUT2D eigenvalue weighted by molar-refractivity contribution is 0.0915. The number of para-hydroxylation sites is 1. The van der Waals surface area contributed by atoms with Crippen LogP contribution in [0.5, 0.6) is 0 Å². The van der Waals surface area contributed by atoms with Crippen LogP contribution in [0.1, 0.15) is 110 Å². The van der Waals surface area contributed by atoms with Crippen molar-refractivity contribution in [2.75, 3.05) is 13.1 Å². The van der Waals surface area contributed by atoms with Gasteiger partial charge in [-0.1, -0.05) is 125 Å². The largest absolute Gasteiger partial charge is 0.390 e. The van der Waals surface area contributed by atoms with Gasteiger partial charge in [-0.25, -0.2) is 0 Å². The summed E-state index contributed by atoms with van der Waals surface area (Å²) in [4.78, 5) is 16.8. The van der Waals surface area contributed by atoms with E-state index in [1.807, 2.05) is 92.6 Å². The van der Waals surface area contributed by atoms with E-state index in [1.54, 1.807) is 6.20 Å². The third-order valence-electron chi connectivity index (χ3n) is 4.78. The van der Waals surface area contributed by atoms with Crippen molar-refractivity contribution < 1.29 is 9.90 Å². The Morgan fingerprint density at radius 3 is 2.00 bits per heavy atom. The van der Waals surface area contributed by atoms with Crippen molar-refractivity contribution in [3.63, 3.8) is 0 Å². The Morgan fingerprint density at radius 1 is 0.846 bits per heavy atom. The third-order valence-corrected chi connectivity index (χ3v) is 4.78. The van der Waals surface area contributed by atoms with E-state index < -0.39 is 6.10 Å². The lowest BCUT2D eigenvalue weighted by atomic mass is 10.1. The molecule has 1 heterocycles. The third kappa shape index (κ3) is 17.4. The molecular weight excluding hydrogens is 482 g/mol. The number of nitrogens with one attached hydrogen (secondary N) is 2. The molecule has 222 valence electrons. The standard InChI is InChI=1S/C23H27N3O2.C3H8.4C2H6/c1-3-17-7-5-8-18(10-17)12-24-14-21(27)15-26-23(28)20-11-19-9-4-6-16(2)22(19)25-13-20;1-3-2;4*1-2/h4-11,13,21,24,27H,3,12,14-15H2,1-2H3,(H,26,28);3H2,1-2H3;4*1-2H3. The van der Waals surface area contributed by atoms with Crippen molar-refractivity contribution in [2.45, 2.75) is 109 Å². The molecule has 0 bridgehead atoms. The van der Waals surface area contributed by atoms with Crippen LogP contribution < -0.4 is 10.6 Å². The molecular formula is C34H59N3O2. The van der Waals surface area contributed by atoms with Gasteiger partial charge in [-0.15, -0.1) is 0 Å². The zero-order valence-electron chi connectivity index (χ0n) is 27.1. The number of carbonyl (C=O) groups excluding carboxylic acids is 1. The second kappa shape index (κ2) is 28.3. The van der Waals surface area contributed by atoms with Gasteiger partial charge in [0.1, 0.15) is 0 Å². The van der Waals surface area contributed by atoms with Crippen molar-refractivity contribution in [3.8, 4) is 0 Å². The first kappa shape index (κ1) is 40.7. The maximum atomic E-state index is 12.4. The van der Waals surface area contributed by atoms with Gasteiger partial charge in [0.25, 0.3) is 5.91 Å². The molecule has 5 nitrogen and oxygen atoms in total. The Labute approximate surface area is 240 Å². The molecule has 0 aliphatic rings. The summed E-state index contributed by atoms with van der Waals surface area (Å²) in [7, 11) is 0. The number of rotatable bonds is 8. The molecule has 0 fully saturated rings. The lowest BCUT2D eigenvalue weighted by Gasteiger charge is -2.13. The van der Waals surface area contributed by atoms with Gasteiger partial charge in [0.2, 0.25) is 0 Å². The van der Waals surface area contributed by atoms with Crippen LogP contribution in [0.3, 0.4) is 0 Å². The number of nitrogens with zero attached hydrogens (tertiary/aromatic N) is 1. The van der Waals surface area contributed by atoms with Gasteiger partial charge in [0.15, 0.2) is 0 Å². The predicted octanol–water partition coefficient (Wildman–Crippen LogP) is 8.51. The summed E-state index contributed by atoms with van der Waals surface area (Å²) < 4.78 is 0. The van der Waals surface area contributed by atoms with Crippen LogP contribution in [0.2, 0.25) is 0 Å². The molecule has 0 spiro atoms. The summed E-state index contributed by atoms with van der Waals surface area (Å²) >= 11 is 0. The quantitative estimate of drug-likeness (QED) is 0.267. The van der Waals surface area contributed by atoms with Gasteiger partial charge in [0, 0.05) is 31.2 Å². The summed E-state index contributed by atoms with van der Waals surface area (Å²) in [5.41, 5.74) is 4.96. The smallest absolute Gasteiger partial charge is 0.252 e. The average molecular weight is 542 g/mol. The van der Waals surface area contributed by atoms with Crippen LogP contribution in [-0.2, 0) is 13.0 Å².